The predicted molar refractivity (Wildman–Crippen MR) is 115 cm³/mol. The largest absolute Gasteiger partial charge is 0.463 e. The number of hydrogen-bond acceptors (Lipinski definition) is 4. The average Bonchev–Trinajstić information content (AvgIpc) is 3.38. The lowest BCUT2D eigenvalue weighted by atomic mass is 10.0. The average molecular weight is 419 g/mol. The maximum absolute atomic E-state index is 13.9. The van der Waals surface area contributed by atoms with Crippen LogP contribution in [0.3, 0.4) is 0 Å². The molecule has 2 aromatic heterocycles. The molecular formula is C24H19F2N3O2. The third-order valence-electron chi connectivity index (χ3n) is 5.74. The molecule has 2 N–H and O–H groups in total. The van der Waals surface area contributed by atoms with Crippen LogP contribution in [0.15, 0.2) is 53.3 Å². The van der Waals surface area contributed by atoms with Crippen LogP contribution in [0, 0.1) is 18.6 Å². The minimum Gasteiger partial charge on any atom is -0.463 e. The number of hydrogen-bond donors (Lipinski definition) is 1. The van der Waals surface area contributed by atoms with Crippen molar-refractivity contribution in [2.24, 2.45) is 0 Å². The molecule has 3 heterocycles. The van der Waals surface area contributed by atoms with Crippen LogP contribution in [0.1, 0.15) is 16.7 Å². The normalized spacial score (nSPS) is 13.1. The van der Waals surface area contributed by atoms with E-state index in [1.807, 2.05) is 25.1 Å². The minimum atomic E-state index is -0.585. The summed E-state index contributed by atoms with van der Waals surface area (Å²) in [4.78, 5) is 18.7. The number of fused-ring (bicyclic) bond motifs is 2. The number of nitrogen functional groups attached to an aromatic ring is 1. The highest BCUT2D eigenvalue weighted by molar-refractivity contribution is 6.02. The Morgan fingerprint density at radius 2 is 2.06 bits per heavy atom. The molecule has 2 aromatic carbocycles. The first-order chi connectivity index (χ1) is 14.9. The highest BCUT2D eigenvalue weighted by Gasteiger charge is 2.26. The second-order valence-electron chi connectivity index (χ2n) is 7.73. The van der Waals surface area contributed by atoms with Gasteiger partial charge in [0.25, 0.3) is 0 Å². The van der Waals surface area contributed by atoms with Crippen LogP contribution in [-0.4, -0.2) is 17.4 Å². The van der Waals surface area contributed by atoms with E-state index >= 15 is 0 Å². The highest BCUT2D eigenvalue weighted by atomic mass is 19.1. The third kappa shape index (κ3) is 3.22. The van der Waals surface area contributed by atoms with Crippen molar-refractivity contribution < 1.29 is 18.0 Å². The van der Waals surface area contributed by atoms with Crippen molar-refractivity contribution >= 4 is 28.4 Å². The van der Waals surface area contributed by atoms with Gasteiger partial charge < -0.3 is 15.1 Å². The van der Waals surface area contributed by atoms with Crippen molar-refractivity contribution in [2.45, 2.75) is 19.8 Å². The number of benzene rings is 2. The van der Waals surface area contributed by atoms with E-state index in [0.717, 1.165) is 51.5 Å². The zero-order valence-electron chi connectivity index (χ0n) is 16.8. The maximum Gasteiger partial charge on any atom is 0.231 e. The van der Waals surface area contributed by atoms with E-state index in [1.54, 1.807) is 17.4 Å². The Morgan fingerprint density at radius 1 is 1.23 bits per heavy atom. The first-order valence-corrected chi connectivity index (χ1v) is 9.92. The summed E-state index contributed by atoms with van der Waals surface area (Å²) in [5, 5.41) is 0.771. The Morgan fingerprint density at radius 3 is 2.90 bits per heavy atom. The van der Waals surface area contributed by atoms with Crippen LogP contribution in [0.2, 0.25) is 0 Å². The number of rotatable bonds is 3. The van der Waals surface area contributed by atoms with Crippen LogP contribution in [-0.2, 0) is 17.6 Å². The summed E-state index contributed by atoms with van der Waals surface area (Å²) < 4.78 is 33.1. The second-order valence-corrected chi connectivity index (χ2v) is 7.73. The van der Waals surface area contributed by atoms with Crippen molar-refractivity contribution in [3.8, 4) is 11.1 Å². The second kappa shape index (κ2) is 7.19. The standard InChI is InChI=1S/C24H19F2N3O2/c1-13-11-28-24(27)22-18(12-31-23(13)22)14-2-5-20-15(8-14)6-7-29(20)21(30)10-16-9-17(25)3-4-19(16)26/h2-5,8-9,11-12H,6-7,10H2,1H3,(H2,27,28). The molecular weight excluding hydrogens is 400 g/mol. The predicted octanol–water partition coefficient (Wildman–Crippen LogP) is 4.80. The Labute approximate surface area is 177 Å². The van der Waals surface area contributed by atoms with E-state index in [0.29, 0.717) is 24.4 Å². The van der Waals surface area contributed by atoms with Crippen LogP contribution >= 0.6 is 0 Å². The van der Waals surface area contributed by atoms with Crippen LogP contribution in [0.5, 0.6) is 0 Å². The fourth-order valence-electron chi connectivity index (χ4n) is 4.17. The topological polar surface area (TPSA) is 72.4 Å². The number of carbonyl (C=O) groups is 1. The Hall–Kier alpha value is -3.74. The molecule has 0 saturated carbocycles. The number of nitrogens with zero attached hydrogens (tertiary/aromatic N) is 2. The number of amides is 1. The molecule has 1 amide bonds. The van der Waals surface area contributed by atoms with Gasteiger partial charge in [-0.05, 0) is 54.8 Å². The first kappa shape index (κ1) is 19.2. The lowest BCUT2D eigenvalue weighted by molar-refractivity contribution is -0.117. The molecule has 31 heavy (non-hydrogen) atoms. The van der Waals surface area contributed by atoms with Crippen molar-refractivity contribution in [2.75, 3.05) is 17.2 Å². The number of carbonyl (C=O) groups excluding carboxylic acids is 1. The van der Waals surface area contributed by atoms with Gasteiger partial charge in [0, 0.05) is 35.1 Å². The smallest absolute Gasteiger partial charge is 0.231 e. The SMILES string of the molecule is Cc1cnc(N)c2c(-c3ccc4c(c3)CCN4C(=O)Cc3cc(F)ccc3F)coc12. The molecule has 1 aliphatic rings. The van der Waals surface area contributed by atoms with E-state index in [-0.39, 0.29) is 17.9 Å². The van der Waals surface area contributed by atoms with Crippen molar-refractivity contribution in [3.05, 3.63) is 77.2 Å². The molecule has 0 fully saturated rings. The van der Waals surface area contributed by atoms with Crippen LogP contribution < -0.4 is 10.6 Å². The molecule has 1 aliphatic heterocycles. The van der Waals surface area contributed by atoms with Crippen LogP contribution in [0.4, 0.5) is 20.3 Å². The molecule has 5 rings (SSSR count). The van der Waals surface area contributed by atoms with E-state index in [2.05, 4.69) is 4.98 Å². The van der Waals surface area contributed by atoms with Crippen molar-refractivity contribution in [3.63, 3.8) is 0 Å². The third-order valence-corrected chi connectivity index (χ3v) is 5.74. The molecule has 0 saturated heterocycles. The summed E-state index contributed by atoms with van der Waals surface area (Å²) in [6.45, 7) is 2.40. The lowest BCUT2D eigenvalue weighted by Gasteiger charge is -2.18. The molecule has 4 aromatic rings. The summed E-state index contributed by atoms with van der Waals surface area (Å²) in [5.41, 5.74) is 11.3. The maximum atomic E-state index is 13.9. The summed E-state index contributed by atoms with van der Waals surface area (Å²) in [6.07, 6.45) is 3.82. The highest BCUT2D eigenvalue weighted by Crippen LogP contribution is 2.38. The number of furan rings is 1. The van der Waals surface area contributed by atoms with Gasteiger partial charge in [0.1, 0.15) is 23.0 Å². The van der Waals surface area contributed by atoms with Crippen LogP contribution in [0.25, 0.3) is 22.1 Å². The van der Waals surface area contributed by atoms with Gasteiger partial charge >= 0.3 is 0 Å². The number of pyridine rings is 1. The molecule has 0 aliphatic carbocycles. The monoisotopic (exact) mass is 419 g/mol. The van der Waals surface area contributed by atoms with Gasteiger partial charge in [-0.2, -0.15) is 0 Å². The lowest BCUT2D eigenvalue weighted by Crippen LogP contribution is -2.30. The summed E-state index contributed by atoms with van der Waals surface area (Å²) in [7, 11) is 0. The fraction of sp³-hybridized carbons (Fsp3) is 0.167. The van der Waals surface area contributed by atoms with Gasteiger partial charge in [0.15, 0.2) is 0 Å². The van der Waals surface area contributed by atoms with Gasteiger partial charge in [0.2, 0.25) is 5.91 Å². The summed E-state index contributed by atoms with van der Waals surface area (Å²) in [6, 6.07) is 8.93. The van der Waals surface area contributed by atoms with E-state index in [4.69, 9.17) is 10.2 Å². The van der Waals surface area contributed by atoms with Gasteiger partial charge in [0.05, 0.1) is 18.1 Å². The quantitative estimate of drug-likeness (QED) is 0.518. The number of nitrogens with two attached hydrogens (primary N) is 1. The molecule has 7 heteroatoms. The number of halogens is 2. The molecule has 0 bridgehead atoms. The molecule has 0 atom stereocenters. The summed E-state index contributed by atoms with van der Waals surface area (Å²) in [5.74, 6) is -1.02. The van der Waals surface area contributed by atoms with Crippen molar-refractivity contribution in [1.82, 2.24) is 4.98 Å². The van der Waals surface area contributed by atoms with Gasteiger partial charge in [-0.25, -0.2) is 13.8 Å². The molecule has 156 valence electrons. The Bertz CT molecular complexity index is 1350. The minimum absolute atomic E-state index is 0.0540. The fourth-order valence-corrected chi connectivity index (χ4v) is 4.17. The van der Waals surface area contributed by atoms with E-state index < -0.39 is 11.6 Å². The Kier molecular flexibility index (Phi) is 4.46. The number of aromatic nitrogens is 1. The van der Waals surface area contributed by atoms with Gasteiger partial charge in [-0.1, -0.05) is 6.07 Å². The van der Waals surface area contributed by atoms with E-state index in [1.165, 1.54) is 0 Å². The first-order valence-electron chi connectivity index (χ1n) is 9.92. The zero-order chi connectivity index (χ0) is 21.7. The molecule has 0 unspecified atom stereocenters. The number of anilines is 2. The Balaban J connectivity index is 1.46. The van der Waals surface area contributed by atoms with E-state index in [9.17, 15) is 13.6 Å². The number of aryl methyl sites for hydroxylation is 1. The van der Waals surface area contributed by atoms with Gasteiger partial charge in [-0.3, -0.25) is 4.79 Å². The summed E-state index contributed by atoms with van der Waals surface area (Å²) >= 11 is 0. The molecule has 0 spiro atoms. The van der Waals surface area contributed by atoms with Gasteiger partial charge in [-0.15, -0.1) is 0 Å². The molecule has 0 radical (unpaired) electrons. The zero-order valence-corrected chi connectivity index (χ0v) is 16.8. The molecule has 5 nitrogen and oxygen atoms in total. The van der Waals surface area contributed by atoms with Crippen molar-refractivity contribution in [1.29, 1.82) is 0 Å².